The minimum Gasteiger partial charge on any atom is -0.394 e. The predicted molar refractivity (Wildman–Crippen MR) is 83.2 cm³/mol. The highest BCUT2D eigenvalue weighted by Crippen LogP contribution is 2.39. The Morgan fingerprint density at radius 1 is 1.42 bits per heavy atom. The number of carbonyl (C=O) groups excluding carboxylic acids is 2. The fourth-order valence-corrected chi connectivity index (χ4v) is 3.19. The van der Waals surface area contributed by atoms with E-state index < -0.39 is 23.1 Å². The largest absolute Gasteiger partial charge is 0.394 e. The first kappa shape index (κ1) is 16.8. The van der Waals surface area contributed by atoms with Gasteiger partial charge in [-0.15, -0.1) is 0 Å². The van der Waals surface area contributed by atoms with Crippen LogP contribution in [0.1, 0.15) is 26.2 Å². The summed E-state index contributed by atoms with van der Waals surface area (Å²) >= 11 is 0. The van der Waals surface area contributed by atoms with Gasteiger partial charge in [0.2, 0.25) is 11.8 Å². The highest BCUT2D eigenvalue weighted by Gasteiger charge is 2.44. The molecule has 2 amide bonds. The molecule has 2 N–H and O–H groups in total. The molecule has 2 aliphatic rings. The number of amides is 2. The first-order valence-electron chi connectivity index (χ1n) is 8.02. The number of anilines is 1. The monoisotopic (exact) mass is 338 g/mol. The van der Waals surface area contributed by atoms with Crippen molar-refractivity contribution < 1.29 is 23.5 Å². The molecule has 1 heterocycles. The molecule has 1 aromatic rings. The van der Waals surface area contributed by atoms with Crippen LogP contribution >= 0.6 is 0 Å². The number of rotatable bonds is 5. The third-order valence-electron chi connectivity index (χ3n) is 4.91. The third kappa shape index (κ3) is 3.13. The highest BCUT2D eigenvalue weighted by molar-refractivity contribution is 6.00. The normalized spacial score (nSPS) is 23.2. The first-order valence-corrected chi connectivity index (χ1v) is 8.02. The summed E-state index contributed by atoms with van der Waals surface area (Å²) in [6, 6.07) is 2.99. The number of carbonyl (C=O) groups is 2. The summed E-state index contributed by atoms with van der Waals surface area (Å²) in [4.78, 5) is 25.8. The second-order valence-corrected chi connectivity index (χ2v) is 6.84. The number of hydrogen-bond acceptors (Lipinski definition) is 3. The van der Waals surface area contributed by atoms with Gasteiger partial charge in [0, 0.05) is 19.0 Å². The molecule has 5 nitrogen and oxygen atoms in total. The lowest BCUT2D eigenvalue weighted by atomic mass is 9.95. The van der Waals surface area contributed by atoms with Crippen LogP contribution in [0.3, 0.4) is 0 Å². The van der Waals surface area contributed by atoms with E-state index in [4.69, 9.17) is 0 Å². The predicted octanol–water partition coefficient (Wildman–Crippen LogP) is 1.59. The summed E-state index contributed by atoms with van der Waals surface area (Å²) in [5.41, 5.74) is -0.710. The molecule has 2 fully saturated rings. The minimum absolute atomic E-state index is 0.0242. The molecule has 130 valence electrons. The lowest BCUT2D eigenvalue weighted by molar-refractivity contribution is -0.128. The maximum atomic E-state index is 13.9. The number of aliphatic hydroxyl groups is 1. The lowest BCUT2D eigenvalue weighted by Crippen LogP contribution is -2.52. The number of nitrogens with zero attached hydrogens (tertiary/aromatic N) is 1. The molecule has 3 rings (SSSR count). The van der Waals surface area contributed by atoms with Crippen LogP contribution < -0.4 is 10.2 Å². The van der Waals surface area contributed by atoms with Gasteiger partial charge in [-0.05, 0) is 37.8 Å². The standard InChI is InChI=1S/C17H20F2N2O3/c1-17(9-22,11-2-3-11)20-16(24)10-6-15(23)21(8-10)14-5-4-12(18)7-13(14)19/h4-5,7,10-11,22H,2-3,6,8-9H2,1H3,(H,20,24). The molecule has 2 unspecified atom stereocenters. The van der Waals surface area contributed by atoms with Crippen molar-refractivity contribution in [3.63, 3.8) is 0 Å². The molecule has 0 bridgehead atoms. The Kier molecular flexibility index (Phi) is 4.29. The van der Waals surface area contributed by atoms with Gasteiger partial charge in [-0.2, -0.15) is 0 Å². The number of halogens is 2. The van der Waals surface area contributed by atoms with Crippen LogP contribution in [0.25, 0.3) is 0 Å². The van der Waals surface area contributed by atoms with Crippen molar-refractivity contribution in [2.45, 2.75) is 31.7 Å². The highest BCUT2D eigenvalue weighted by atomic mass is 19.1. The molecule has 7 heteroatoms. The zero-order valence-electron chi connectivity index (χ0n) is 13.4. The van der Waals surface area contributed by atoms with E-state index in [0.29, 0.717) is 6.07 Å². The summed E-state index contributed by atoms with van der Waals surface area (Å²) in [6.45, 7) is 1.66. The number of nitrogens with one attached hydrogen (secondary N) is 1. The lowest BCUT2D eigenvalue weighted by Gasteiger charge is -2.30. The molecule has 24 heavy (non-hydrogen) atoms. The zero-order valence-corrected chi connectivity index (χ0v) is 13.4. The Bertz CT molecular complexity index is 678. The Labute approximate surface area is 138 Å². The van der Waals surface area contributed by atoms with Gasteiger partial charge in [-0.25, -0.2) is 8.78 Å². The van der Waals surface area contributed by atoms with Crippen LogP contribution in [0.15, 0.2) is 18.2 Å². The molecule has 2 atom stereocenters. The molecule has 1 saturated heterocycles. The number of benzene rings is 1. The fourth-order valence-electron chi connectivity index (χ4n) is 3.19. The van der Waals surface area contributed by atoms with Gasteiger partial charge >= 0.3 is 0 Å². The van der Waals surface area contributed by atoms with E-state index in [1.54, 1.807) is 6.92 Å². The Balaban J connectivity index is 1.71. The van der Waals surface area contributed by atoms with Gasteiger partial charge in [0.05, 0.1) is 23.8 Å². The average Bonchev–Trinajstić information content (AvgIpc) is 3.31. The minimum atomic E-state index is -0.831. The Morgan fingerprint density at radius 3 is 2.71 bits per heavy atom. The fraction of sp³-hybridized carbons (Fsp3) is 0.529. The molecule has 0 radical (unpaired) electrons. The van der Waals surface area contributed by atoms with Crippen LogP contribution in [0.4, 0.5) is 14.5 Å². The molecule has 0 aromatic heterocycles. The smallest absolute Gasteiger partial charge is 0.227 e. The van der Waals surface area contributed by atoms with Crippen molar-refractivity contribution >= 4 is 17.5 Å². The second kappa shape index (κ2) is 6.12. The van der Waals surface area contributed by atoms with Gasteiger partial charge in [0.15, 0.2) is 0 Å². The molecule has 1 aliphatic carbocycles. The van der Waals surface area contributed by atoms with Crippen LogP contribution in [-0.2, 0) is 9.59 Å². The molecular weight excluding hydrogens is 318 g/mol. The van der Waals surface area contributed by atoms with Gasteiger partial charge in [0.25, 0.3) is 0 Å². The van der Waals surface area contributed by atoms with Crippen molar-refractivity contribution in [3.05, 3.63) is 29.8 Å². The molecular formula is C17H20F2N2O3. The average molecular weight is 338 g/mol. The molecule has 1 aromatic carbocycles. The van der Waals surface area contributed by atoms with Crippen LogP contribution in [0, 0.1) is 23.5 Å². The summed E-state index contributed by atoms with van der Waals surface area (Å²) in [7, 11) is 0. The van der Waals surface area contributed by atoms with E-state index in [-0.39, 0.29) is 43.0 Å². The SMILES string of the molecule is CC(CO)(NC(=O)C1CC(=O)N(c2ccc(F)cc2F)C1)C1CC1. The summed E-state index contributed by atoms with van der Waals surface area (Å²) < 4.78 is 26.9. The molecule has 0 spiro atoms. The molecule has 1 saturated carbocycles. The van der Waals surface area contributed by atoms with Gasteiger partial charge < -0.3 is 15.3 Å². The Hall–Kier alpha value is -2.02. The summed E-state index contributed by atoms with van der Waals surface area (Å²) in [6.07, 6.45) is 1.87. The van der Waals surface area contributed by atoms with E-state index in [1.165, 1.54) is 11.0 Å². The van der Waals surface area contributed by atoms with E-state index in [0.717, 1.165) is 18.9 Å². The second-order valence-electron chi connectivity index (χ2n) is 6.84. The van der Waals surface area contributed by atoms with Crippen LogP contribution in [-0.4, -0.2) is 35.6 Å². The summed E-state index contributed by atoms with van der Waals surface area (Å²) in [5.74, 6) is -2.63. The number of aliphatic hydroxyl groups excluding tert-OH is 1. The van der Waals surface area contributed by atoms with Crippen molar-refractivity contribution in [2.75, 3.05) is 18.1 Å². The van der Waals surface area contributed by atoms with E-state index >= 15 is 0 Å². The topological polar surface area (TPSA) is 69.6 Å². The first-order chi connectivity index (χ1) is 11.3. The quantitative estimate of drug-likeness (QED) is 0.857. The number of hydrogen-bond donors (Lipinski definition) is 2. The van der Waals surface area contributed by atoms with Gasteiger partial charge in [-0.3, -0.25) is 9.59 Å². The molecule has 1 aliphatic heterocycles. The Morgan fingerprint density at radius 2 is 2.12 bits per heavy atom. The van der Waals surface area contributed by atoms with Crippen LogP contribution in [0.2, 0.25) is 0 Å². The van der Waals surface area contributed by atoms with E-state index in [9.17, 15) is 23.5 Å². The summed E-state index contributed by atoms with van der Waals surface area (Å²) in [5, 5.41) is 12.4. The van der Waals surface area contributed by atoms with Crippen molar-refractivity contribution in [2.24, 2.45) is 11.8 Å². The third-order valence-corrected chi connectivity index (χ3v) is 4.91. The van der Waals surface area contributed by atoms with Crippen molar-refractivity contribution in [1.82, 2.24) is 5.32 Å². The van der Waals surface area contributed by atoms with Crippen molar-refractivity contribution in [3.8, 4) is 0 Å². The van der Waals surface area contributed by atoms with E-state index in [2.05, 4.69) is 5.32 Å². The van der Waals surface area contributed by atoms with Crippen LogP contribution in [0.5, 0.6) is 0 Å². The van der Waals surface area contributed by atoms with E-state index in [1.807, 2.05) is 0 Å². The van der Waals surface area contributed by atoms with Crippen molar-refractivity contribution in [1.29, 1.82) is 0 Å². The zero-order chi connectivity index (χ0) is 17.5. The van der Waals surface area contributed by atoms with Gasteiger partial charge in [0.1, 0.15) is 11.6 Å². The maximum Gasteiger partial charge on any atom is 0.227 e. The van der Waals surface area contributed by atoms with Gasteiger partial charge in [-0.1, -0.05) is 0 Å². The maximum absolute atomic E-state index is 13.9.